The molecule has 1 saturated heterocycles. The van der Waals surface area contributed by atoms with Crippen molar-refractivity contribution in [1.29, 1.82) is 0 Å². The molecule has 0 atom stereocenters. The molecule has 2 N–H and O–H groups in total. The average Bonchev–Trinajstić information content (AvgIpc) is 2.70. The van der Waals surface area contributed by atoms with E-state index in [1.165, 1.54) is 19.3 Å². The summed E-state index contributed by atoms with van der Waals surface area (Å²) in [7, 11) is 0. The summed E-state index contributed by atoms with van der Waals surface area (Å²) in [4.78, 5) is 30.2. The summed E-state index contributed by atoms with van der Waals surface area (Å²) < 4.78 is 5.05. The Morgan fingerprint density at radius 1 is 1.15 bits per heavy atom. The van der Waals surface area contributed by atoms with E-state index in [4.69, 9.17) is 4.74 Å². The van der Waals surface area contributed by atoms with Crippen LogP contribution >= 0.6 is 0 Å². The zero-order chi connectivity index (χ0) is 19.1. The minimum atomic E-state index is -0.235. The number of piperidine rings is 1. The molecule has 7 heteroatoms. The second kappa shape index (κ2) is 9.58. The minimum Gasteiger partial charge on any atom is -0.450 e. The maximum atomic E-state index is 12.5. The largest absolute Gasteiger partial charge is 0.450 e. The van der Waals surface area contributed by atoms with Crippen LogP contribution in [0.3, 0.4) is 0 Å². The second-order valence-corrected chi connectivity index (χ2v) is 7.34. The van der Waals surface area contributed by atoms with E-state index < -0.39 is 0 Å². The number of aromatic nitrogens is 1. The number of carbonyl (C=O) groups is 2. The molecule has 1 aromatic heterocycles. The molecule has 1 aromatic rings. The van der Waals surface area contributed by atoms with Crippen molar-refractivity contribution in [2.24, 2.45) is 0 Å². The van der Waals surface area contributed by atoms with E-state index in [0.29, 0.717) is 25.4 Å². The van der Waals surface area contributed by atoms with E-state index in [2.05, 4.69) is 15.6 Å². The van der Waals surface area contributed by atoms with Crippen LogP contribution in [-0.4, -0.2) is 53.7 Å². The van der Waals surface area contributed by atoms with Crippen molar-refractivity contribution in [3.8, 4) is 0 Å². The first kappa shape index (κ1) is 19.5. The fraction of sp³-hybridized carbons (Fsp3) is 0.650. The maximum Gasteiger partial charge on any atom is 0.409 e. The predicted octanol–water partition coefficient (Wildman–Crippen LogP) is 3.18. The molecular formula is C20H30N4O3. The van der Waals surface area contributed by atoms with Crippen molar-refractivity contribution in [2.45, 2.75) is 64.0 Å². The van der Waals surface area contributed by atoms with Gasteiger partial charge in [-0.2, -0.15) is 0 Å². The first-order valence-corrected chi connectivity index (χ1v) is 10.1. The molecule has 1 aliphatic heterocycles. The third-order valence-electron chi connectivity index (χ3n) is 5.32. The van der Waals surface area contributed by atoms with Crippen molar-refractivity contribution in [3.05, 3.63) is 24.0 Å². The van der Waals surface area contributed by atoms with Gasteiger partial charge in [0.2, 0.25) is 0 Å². The second-order valence-electron chi connectivity index (χ2n) is 7.34. The Bertz CT molecular complexity index is 638. The Hall–Kier alpha value is -2.31. The van der Waals surface area contributed by atoms with Crippen LogP contribution < -0.4 is 10.6 Å². The Morgan fingerprint density at radius 3 is 2.59 bits per heavy atom. The number of pyridine rings is 1. The molecule has 148 valence electrons. The van der Waals surface area contributed by atoms with Gasteiger partial charge in [0.15, 0.2) is 0 Å². The summed E-state index contributed by atoms with van der Waals surface area (Å²) in [6, 6.07) is 4.24. The number of carbonyl (C=O) groups excluding carboxylic acids is 2. The fourth-order valence-electron chi connectivity index (χ4n) is 3.81. The van der Waals surface area contributed by atoms with Gasteiger partial charge < -0.3 is 20.3 Å². The van der Waals surface area contributed by atoms with Crippen LogP contribution in [0.25, 0.3) is 0 Å². The molecule has 2 heterocycles. The number of nitrogens with one attached hydrogen (secondary N) is 2. The first-order valence-electron chi connectivity index (χ1n) is 10.1. The highest BCUT2D eigenvalue weighted by Crippen LogP contribution is 2.19. The Kier molecular flexibility index (Phi) is 6.90. The van der Waals surface area contributed by atoms with Gasteiger partial charge in [-0.15, -0.1) is 0 Å². The molecular weight excluding hydrogens is 344 g/mol. The normalized spacial score (nSPS) is 18.8. The standard InChI is InChI=1S/C20H30N4O3/c1-2-27-20(26)24-12-9-16(10-13-24)22-17-8-11-21-18(14-17)19(25)23-15-6-4-3-5-7-15/h8,11,14-16H,2-7,9-10,12-13H2,1H3,(H,21,22)(H,23,25). The molecule has 0 bridgehead atoms. The molecule has 7 nitrogen and oxygen atoms in total. The van der Waals surface area contributed by atoms with Crippen molar-refractivity contribution in [3.63, 3.8) is 0 Å². The topological polar surface area (TPSA) is 83.6 Å². The van der Waals surface area contributed by atoms with Crippen molar-refractivity contribution in [2.75, 3.05) is 25.0 Å². The van der Waals surface area contributed by atoms with Gasteiger partial charge in [0.1, 0.15) is 5.69 Å². The van der Waals surface area contributed by atoms with Gasteiger partial charge in [-0.05, 0) is 44.7 Å². The molecule has 2 fully saturated rings. The summed E-state index contributed by atoms with van der Waals surface area (Å²) in [6.07, 6.45) is 8.89. The van der Waals surface area contributed by atoms with Crippen LogP contribution in [0.1, 0.15) is 62.4 Å². The number of likely N-dealkylation sites (tertiary alicyclic amines) is 1. The van der Waals surface area contributed by atoms with E-state index in [-0.39, 0.29) is 24.1 Å². The lowest BCUT2D eigenvalue weighted by atomic mass is 9.95. The SMILES string of the molecule is CCOC(=O)N1CCC(Nc2ccnc(C(=O)NC3CCCCC3)c2)CC1. The molecule has 3 rings (SSSR count). The van der Waals surface area contributed by atoms with Gasteiger partial charge in [-0.3, -0.25) is 9.78 Å². The van der Waals surface area contributed by atoms with E-state index in [9.17, 15) is 9.59 Å². The highest BCUT2D eigenvalue weighted by molar-refractivity contribution is 5.93. The monoisotopic (exact) mass is 374 g/mol. The van der Waals surface area contributed by atoms with E-state index in [0.717, 1.165) is 31.4 Å². The zero-order valence-electron chi connectivity index (χ0n) is 16.1. The van der Waals surface area contributed by atoms with Gasteiger partial charge in [-0.1, -0.05) is 19.3 Å². The third kappa shape index (κ3) is 5.58. The molecule has 2 amide bonds. The van der Waals surface area contributed by atoms with Crippen LogP contribution in [0.5, 0.6) is 0 Å². The molecule has 1 saturated carbocycles. The van der Waals surface area contributed by atoms with E-state index in [1.807, 2.05) is 19.1 Å². The van der Waals surface area contributed by atoms with Gasteiger partial charge in [0.05, 0.1) is 6.61 Å². The van der Waals surface area contributed by atoms with Crippen molar-refractivity contribution < 1.29 is 14.3 Å². The fourth-order valence-corrected chi connectivity index (χ4v) is 3.81. The van der Waals surface area contributed by atoms with Crippen molar-refractivity contribution >= 4 is 17.7 Å². The number of anilines is 1. The number of hydrogen-bond acceptors (Lipinski definition) is 5. The lowest BCUT2D eigenvalue weighted by molar-refractivity contribution is 0.0921. The summed E-state index contributed by atoms with van der Waals surface area (Å²) >= 11 is 0. The van der Waals surface area contributed by atoms with E-state index >= 15 is 0 Å². The van der Waals surface area contributed by atoms with Gasteiger partial charge in [0, 0.05) is 37.1 Å². The molecule has 0 aromatic carbocycles. The smallest absolute Gasteiger partial charge is 0.409 e. The lowest BCUT2D eigenvalue weighted by Gasteiger charge is -2.32. The summed E-state index contributed by atoms with van der Waals surface area (Å²) in [5.74, 6) is -0.0947. The molecule has 2 aliphatic rings. The summed E-state index contributed by atoms with van der Waals surface area (Å²) in [5, 5.41) is 6.58. The van der Waals surface area contributed by atoms with Crippen LogP contribution in [0.4, 0.5) is 10.5 Å². The van der Waals surface area contributed by atoms with Crippen molar-refractivity contribution in [1.82, 2.24) is 15.2 Å². The van der Waals surface area contributed by atoms with Gasteiger partial charge >= 0.3 is 6.09 Å². The van der Waals surface area contributed by atoms with Crippen LogP contribution in [0.2, 0.25) is 0 Å². The third-order valence-corrected chi connectivity index (χ3v) is 5.32. The van der Waals surface area contributed by atoms with E-state index in [1.54, 1.807) is 11.1 Å². The van der Waals surface area contributed by atoms with Crippen LogP contribution in [0, 0.1) is 0 Å². The number of nitrogens with zero attached hydrogens (tertiary/aromatic N) is 2. The average molecular weight is 374 g/mol. The number of amides is 2. The van der Waals surface area contributed by atoms with Crippen LogP contribution in [0.15, 0.2) is 18.3 Å². The maximum absolute atomic E-state index is 12.5. The summed E-state index contributed by atoms with van der Waals surface area (Å²) in [5.41, 5.74) is 1.35. The zero-order valence-corrected chi connectivity index (χ0v) is 16.1. The molecule has 0 spiro atoms. The molecule has 27 heavy (non-hydrogen) atoms. The van der Waals surface area contributed by atoms with Crippen LogP contribution in [-0.2, 0) is 4.74 Å². The number of hydrogen-bond donors (Lipinski definition) is 2. The highest BCUT2D eigenvalue weighted by atomic mass is 16.6. The minimum absolute atomic E-state index is 0.0947. The van der Waals surface area contributed by atoms with Gasteiger partial charge in [0.25, 0.3) is 5.91 Å². The van der Waals surface area contributed by atoms with Gasteiger partial charge in [-0.25, -0.2) is 4.79 Å². The molecule has 0 unspecified atom stereocenters. The quantitative estimate of drug-likeness (QED) is 0.827. The Balaban J connectivity index is 1.50. The Morgan fingerprint density at radius 2 is 1.89 bits per heavy atom. The lowest BCUT2D eigenvalue weighted by Crippen LogP contribution is -2.42. The molecule has 0 radical (unpaired) electrons. The number of ether oxygens (including phenoxy) is 1. The molecule has 1 aliphatic carbocycles. The number of rotatable bonds is 5. The Labute approximate surface area is 160 Å². The summed E-state index contributed by atoms with van der Waals surface area (Å²) in [6.45, 7) is 3.57. The highest BCUT2D eigenvalue weighted by Gasteiger charge is 2.24. The first-order chi connectivity index (χ1) is 13.2. The predicted molar refractivity (Wildman–Crippen MR) is 104 cm³/mol.